The highest BCUT2D eigenvalue weighted by Crippen LogP contribution is 2.61. The molecule has 1 heterocycles. The van der Waals surface area contributed by atoms with Crippen molar-refractivity contribution in [2.45, 2.75) is 45.1 Å². The van der Waals surface area contributed by atoms with Gasteiger partial charge in [-0.1, -0.05) is 122 Å². The number of anilines is 1. The molecule has 2 nitrogen and oxygen atoms in total. The molecule has 0 unspecified atom stereocenters. The van der Waals surface area contributed by atoms with Crippen LogP contribution in [0.5, 0.6) is 0 Å². The first-order valence-corrected chi connectivity index (χ1v) is 14.3. The summed E-state index contributed by atoms with van der Waals surface area (Å²) in [4.78, 5) is 17.4. The minimum absolute atomic E-state index is 0.161. The molecule has 0 N–H and O–H groups in total. The van der Waals surface area contributed by atoms with Gasteiger partial charge >= 0.3 is 0 Å². The maximum Gasteiger partial charge on any atom is 0.173 e. The first-order chi connectivity index (χ1) is 19.3. The molecule has 0 radical (unpaired) electrons. The highest BCUT2D eigenvalue weighted by atomic mass is 16.1. The molecule has 4 aromatic rings. The summed E-state index contributed by atoms with van der Waals surface area (Å²) < 4.78 is 0. The third-order valence-corrected chi connectivity index (χ3v) is 9.53. The van der Waals surface area contributed by atoms with E-state index in [1.807, 2.05) is 30.3 Å². The fourth-order valence-electron chi connectivity index (χ4n) is 7.13. The largest absolute Gasteiger partial charge is 0.363 e. The van der Waals surface area contributed by atoms with Crippen molar-refractivity contribution >= 4 is 22.6 Å². The van der Waals surface area contributed by atoms with Crippen molar-refractivity contribution in [1.82, 2.24) is 0 Å². The van der Waals surface area contributed by atoms with Crippen LogP contribution in [-0.2, 0) is 5.41 Å². The summed E-state index contributed by atoms with van der Waals surface area (Å²) in [5, 5.41) is 0. The molecule has 0 fully saturated rings. The van der Waals surface area contributed by atoms with Crippen LogP contribution in [0.2, 0.25) is 0 Å². The summed E-state index contributed by atoms with van der Waals surface area (Å²) in [5.41, 5.74) is 9.20. The fourth-order valence-corrected chi connectivity index (χ4v) is 7.13. The number of rotatable bonds is 5. The highest BCUT2D eigenvalue weighted by Gasteiger charge is 2.63. The summed E-state index contributed by atoms with van der Waals surface area (Å²) >= 11 is 0. The van der Waals surface area contributed by atoms with E-state index in [0.717, 1.165) is 34.3 Å². The molecule has 1 aliphatic carbocycles. The third-order valence-electron chi connectivity index (χ3n) is 9.53. The van der Waals surface area contributed by atoms with Crippen molar-refractivity contribution in [3.05, 3.63) is 149 Å². The summed E-state index contributed by atoms with van der Waals surface area (Å²) in [6.45, 7) is 8.82. The zero-order valence-corrected chi connectivity index (χ0v) is 24.1. The number of nitrogens with zero attached hydrogens (tertiary/aromatic N) is 1. The number of carbonyl (C=O) groups is 1. The van der Waals surface area contributed by atoms with Crippen LogP contribution in [0.3, 0.4) is 0 Å². The average Bonchev–Trinajstić information content (AvgIpc) is 3.17. The monoisotopic (exact) mass is 523 g/mol. The summed E-state index contributed by atoms with van der Waals surface area (Å²) in [6, 6.07) is 36.1. The van der Waals surface area contributed by atoms with Crippen molar-refractivity contribution in [1.29, 1.82) is 0 Å². The van der Waals surface area contributed by atoms with Gasteiger partial charge in [0.05, 0.1) is 11.5 Å². The number of para-hydroxylation sites is 1. The lowest BCUT2D eigenvalue weighted by molar-refractivity contribution is 0.0877. The van der Waals surface area contributed by atoms with Crippen LogP contribution in [0.15, 0.2) is 115 Å². The van der Waals surface area contributed by atoms with Crippen molar-refractivity contribution in [2.24, 2.45) is 5.92 Å². The molecular weight excluding hydrogens is 486 g/mol. The van der Waals surface area contributed by atoms with Crippen molar-refractivity contribution in [3.8, 4) is 0 Å². The molecule has 6 rings (SSSR count). The second-order valence-electron chi connectivity index (χ2n) is 11.7. The van der Waals surface area contributed by atoms with E-state index in [0.29, 0.717) is 0 Å². The number of fused-ring (bicyclic) bond motifs is 1. The SMILES string of the molecule is CC[C@@]1(C)c2ccccc2N(C)[C@]12C=C(c1ccc(C)cc1)C=C(c1ccccc1)[C@H]2C(=O)c1ccc(C)cc1. The molecule has 1 spiro atoms. The Bertz CT molecular complexity index is 1630. The second-order valence-corrected chi connectivity index (χ2v) is 11.7. The lowest BCUT2D eigenvalue weighted by Gasteiger charge is -2.53. The van der Waals surface area contributed by atoms with E-state index in [1.165, 1.54) is 22.4 Å². The van der Waals surface area contributed by atoms with E-state index < -0.39 is 11.5 Å². The summed E-state index contributed by atoms with van der Waals surface area (Å²) in [5.74, 6) is -0.247. The normalized spacial score (nSPS) is 23.5. The Balaban J connectivity index is 1.69. The van der Waals surface area contributed by atoms with Crippen LogP contribution in [0, 0.1) is 19.8 Å². The number of hydrogen-bond acceptors (Lipinski definition) is 2. The standard InChI is InChI=1S/C38H37NO/c1-6-37(4)33-14-10-11-15-34(33)39(5)38(37)25-31(28-20-16-26(2)17-21-28)24-32(29-12-8-7-9-13-29)35(38)36(40)30-22-18-27(3)19-23-30/h7-25,35H,6H2,1-5H3/t35-,37-,38-/m0/s1. The quantitative estimate of drug-likeness (QED) is 0.244. The zero-order valence-electron chi connectivity index (χ0n) is 24.1. The maximum atomic E-state index is 14.9. The number of hydrogen-bond donors (Lipinski definition) is 0. The molecule has 0 amide bonds. The van der Waals surface area contributed by atoms with Gasteiger partial charge in [-0.2, -0.15) is 0 Å². The summed E-state index contributed by atoms with van der Waals surface area (Å²) in [7, 11) is 2.19. The van der Waals surface area contributed by atoms with E-state index in [4.69, 9.17) is 0 Å². The number of allylic oxidation sites excluding steroid dienone is 2. The Morgan fingerprint density at radius 1 is 0.775 bits per heavy atom. The average molecular weight is 524 g/mol. The Morgan fingerprint density at radius 3 is 2.02 bits per heavy atom. The van der Waals surface area contributed by atoms with Gasteiger partial charge in [0.25, 0.3) is 0 Å². The van der Waals surface area contributed by atoms with Gasteiger partial charge in [-0.3, -0.25) is 4.79 Å². The van der Waals surface area contributed by atoms with Crippen LogP contribution in [-0.4, -0.2) is 18.4 Å². The molecule has 40 heavy (non-hydrogen) atoms. The van der Waals surface area contributed by atoms with Crippen LogP contribution in [0.25, 0.3) is 11.1 Å². The molecule has 3 atom stereocenters. The first-order valence-electron chi connectivity index (χ1n) is 14.3. The molecule has 4 aromatic carbocycles. The van der Waals surface area contributed by atoms with Crippen LogP contribution in [0.4, 0.5) is 5.69 Å². The first kappa shape index (κ1) is 26.1. The van der Waals surface area contributed by atoms with Crippen molar-refractivity contribution < 1.29 is 4.79 Å². The van der Waals surface area contributed by atoms with E-state index in [-0.39, 0.29) is 11.2 Å². The van der Waals surface area contributed by atoms with E-state index in [9.17, 15) is 4.79 Å². The number of benzene rings is 4. The highest BCUT2D eigenvalue weighted by molar-refractivity contribution is 6.10. The lowest BCUT2D eigenvalue weighted by atomic mass is 9.55. The third kappa shape index (κ3) is 3.81. The number of carbonyl (C=O) groups excluding carboxylic acids is 1. The zero-order chi connectivity index (χ0) is 28.1. The fraction of sp³-hybridized carbons (Fsp3) is 0.237. The lowest BCUT2D eigenvalue weighted by Crippen LogP contribution is -2.62. The Morgan fingerprint density at radius 2 is 1.38 bits per heavy atom. The Labute approximate surface area is 238 Å². The van der Waals surface area contributed by atoms with Gasteiger partial charge in [0.2, 0.25) is 0 Å². The maximum absolute atomic E-state index is 14.9. The Kier molecular flexibility index (Phi) is 6.38. The Hall–Kier alpha value is -4.17. The van der Waals surface area contributed by atoms with Gasteiger partial charge in [-0.25, -0.2) is 0 Å². The summed E-state index contributed by atoms with van der Waals surface area (Å²) in [6.07, 6.45) is 5.59. The van der Waals surface area contributed by atoms with Gasteiger partial charge < -0.3 is 4.90 Å². The molecule has 0 saturated carbocycles. The van der Waals surface area contributed by atoms with Gasteiger partial charge in [0, 0.05) is 23.7 Å². The number of ketones is 1. The number of Topliss-reactive ketones (excluding diaryl/α,β-unsaturated/α-hetero) is 1. The second kappa shape index (κ2) is 9.78. The molecule has 0 bridgehead atoms. The van der Waals surface area contributed by atoms with Crippen LogP contribution >= 0.6 is 0 Å². The van der Waals surface area contributed by atoms with E-state index >= 15 is 0 Å². The molecule has 200 valence electrons. The van der Waals surface area contributed by atoms with Gasteiger partial charge in [0.15, 0.2) is 5.78 Å². The van der Waals surface area contributed by atoms with Gasteiger partial charge in [-0.05, 0) is 66.3 Å². The van der Waals surface area contributed by atoms with E-state index in [1.54, 1.807) is 0 Å². The molecule has 2 aliphatic rings. The molecule has 0 saturated heterocycles. The number of likely N-dealkylation sites (N-methyl/N-ethyl adjacent to an activating group) is 1. The van der Waals surface area contributed by atoms with Gasteiger partial charge in [0.1, 0.15) is 0 Å². The van der Waals surface area contributed by atoms with Crippen LogP contribution < -0.4 is 4.90 Å². The van der Waals surface area contributed by atoms with Crippen molar-refractivity contribution in [3.63, 3.8) is 0 Å². The smallest absolute Gasteiger partial charge is 0.173 e. The van der Waals surface area contributed by atoms with Gasteiger partial charge in [-0.15, -0.1) is 0 Å². The minimum atomic E-state index is -0.618. The molecule has 0 aromatic heterocycles. The predicted octanol–water partition coefficient (Wildman–Crippen LogP) is 8.84. The number of aryl methyl sites for hydroxylation is 2. The van der Waals surface area contributed by atoms with Crippen molar-refractivity contribution in [2.75, 3.05) is 11.9 Å². The topological polar surface area (TPSA) is 20.3 Å². The minimum Gasteiger partial charge on any atom is -0.363 e. The van der Waals surface area contributed by atoms with E-state index in [2.05, 4.69) is 125 Å². The molecular formula is C38H37NO. The van der Waals surface area contributed by atoms with Crippen LogP contribution in [0.1, 0.15) is 58.4 Å². The molecule has 1 aliphatic heterocycles. The predicted molar refractivity (Wildman–Crippen MR) is 168 cm³/mol. The molecule has 2 heteroatoms.